The van der Waals surface area contributed by atoms with Gasteiger partial charge in [0.15, 0.2) is 0 Å². The molecule has 0 fully saturated rings. The molecule has 25 heavy (non-hydrogen) atoms. The van der Waals surface area contributed by atoms with Gasteiger partial charge in [-0.15, -0.1) is 0 Å². The molecular weight excluding hydrogens is 336 g/mol. The van der Waals surface area contributed by atoms with Crippen LogP contribution in [0.4, 0.5) is 5.69 Å². The second kappa shape index (κ2) is 7.45. The third-order valence-corrected chi connectivity index (χ3v) is 5.26. The summed E-state index contributed by atoms with van der Waals surface area (Å²) in [6.07, 6.45) is 0. The molecule has 0 aliphatic carbocycles. The number of nitrogens with one attached hydrogen (secondary N) is 1. The van der Waals surface area contributed by atoms with Gasteiger partial charge < -0.3 is 10.5 Å². The molecule has 136 valence electrons. The van der Waals surface area contributed by atoms with Gasteiger partial charge in [-0.05, 0) is 53.8 Å². The predicted molar refractivity (Wildman–Crippen MR) is 101 cm³/mol. The third kappa shape index (κ3) is 5.21. The van der Waals surface area contributed by atoms with Crippen molar-refractivity contribution in [3.05, 3.63) is 53.6 Å². The highest BCUT2D eigenvalue weighted by Crippen LogP contribution is 2.32. The lowest BCUT2D eigenvalue weighted by atomic mass is 9.86. The van der Waals surface area contributed by atoms with E-state index in [1.165, 1.54) is 12.1 Å². The van der Waals surface area contributed by atoms with Gasteiger partial charge in [-0.1, -0.05) is 32.9 Å². The van der Waals surface area contributed by atoms with Crippen LogP contribution in [0, 0.1) is 6.92 Å². The number of nitrogen functional groups attached to an aromatic ring is 1. The fraction of sp³-hybridized carbons (Fsp3) is 0.368. The fourth-order valence-electron chi connectivity index (χ4n) is 2.44. The van der Waals surface area contributed by atoms with Gasteiger partial charge >= 0.3 is 0 Å². The van der Waals surface area contributed by atoms with Crippen molar-refractivity contribution in [1.29, 1.82) is 0 Å². The van der Waals surface area contributed by atoms with Crippen LogP contribution in [0.3, 0.4) is 0 Å². The molecule has 3 N–H and O–H groups in total. The average Bonchev–Trinajstić information content (AvgIpc) is 2.51. The first kappa shape index (κ1) is 19.3. The first-order chi connectivity index (χ1) is 11.6. The van der Waals surface area contributed by atoms with Gasteiger partial charge in [0.2, 0.25) is 10.0 Å². The zero-order valence-electron chi connectivity index (χ0n) is 15.2. The minimum Gasteiger partial charge on any atom is -0.492 e. The maximum absolute atomic E-state index is 12.2. The van der Waals surface area contributed by atoms with Gasteiger partial charge in [0.1, 0.15) is 12.4 Å². The van der Waals surface area contributed by atoms with E-state index in [-0.39, 0.29) is 23.5 Å². The van der Waals surface area contributed by atoms with Crippen molar-refractivity contribution in [2.45, 2.75) is 38.0 Å². The van der Waals surface area contributed by atoms with Crippen molar-refractivity contribution in [2.75, 3.05) is 18.9 Å². The van der Waals surface area contributed by atoms with Crippen LogP contribution in [0.1, 0.15) is 31.9 Å². The van der Waals surface area contributed by atoms with E-state index in [2.05, 4.69) is 37.6 Å². The summed E-state index contributed by atoms with van der Waals surface area (Å²) in [5.41, 5.74) is 8.26. The van der Waals surface area contributed by atoms with E-state index in [4.69, 9.17) is 10.5 Å². The number of aryl methyl sites for hydroxylation is 1. The van der Waals surface area contributed by atoms with E-state index in [0.717, 1.165) is 16.9 Å². The highest BCUT2D eigenvalue weighted by molar-refractivity contribution is 7.89. The summed E-state index contributed by atoms with van der Waals surface area (Å²) in [4.78, 5) is 0.188. The largest absolute Gasteiger partial charge is 0.492 e. The van der Waals surface area contributed by atoms with E-state index in [9.17, 15) is 8.42 Å². The molecule has 0 unspecified atom stereocenters. The Bertz CT molecular complexity index is 823. The van der Waals surface area contributed by atoms with Crippen LogP contribution in [-0.2, 0) is 15.4 Å². The zero-order valence-corrected chi connectivity index (χ0v) is 16.0. The Morgan fingerprint density at radius 3 is 2.32 bits per heavy atom. The molecule has 2 aromatic rings. The van der Waals surface area contributed by atoms with Gasteiger partial charge in [0.05, 0.1) is 4.90 Å². The monoisotopic (exact) mass is 362 g/mol. The van der Waals surface area contributed by atoms with Crippen LogP contribution in [-0.4, -0.2) is 21.6 Å². The van der Waals surface area contributed by atoms with E-state index in [1.54, 1.807) is 12.1 Å². The number of sulfonamides is 1. The topological polar surface area (TPSA) is 81.4 Å². The maximum Gasteiger partial charge on any atom is 0.240 e. The Morgan fingerprint density at radius 2 is 1.72 bits per heavy atom. The molecule has 5 nitrogen and oxygen atoms in total. The van der Waals surface area contributed by atoms with Crippen molar-refractivity contribution in [3.8, 4) is 5.75 Å². The Hall–Kier alpha value is -2.05. The lowest BCUT2D eigenvalue weighted by molar-refractivity contribution is 0.313. The second-order valence-electron chi connectivity index (χ2n) is 7.06. The van der Waals surface area contributed by atoms with E-state index >= 15 is 0 Å². The Morgan fingerprint density at radius 1 is 1.08 bits per heavy atom. The molecule has 0 aliphatic heterocycles. The molecule has 0 bridgehead atoms. The van der Waals surface area contributed by atoms with Gasteiger partial charge in [-0.25, -0.2) is 13.1 Å². The van der Waals surface area contributed by atoms with Crippen LogP contribution >= 0.6 is 0 Å². The highest BCUT2D eigenvalue weighted by atomic mass is 32.2. The first-order valence-electron chi connectivity index (χ1n) is 8.19. The molecule has 0 saturated heterocycles. The number of benzene rings is 2. The number of hydrogen-bond acceptors (Lipinski definition) is 4. The molecule has 0 aliphatic rings. The van der Waals surface area contributed by atoms with Crippen LogP contribution < -0.4 is 15.2 Å². The smallest absolute Gasteiger partial charge is 0.240 e. The Labute approximate surface area is 150 Å². The molecule has 0 spiro atoms. The summed E-state index contributed by atoms with van der Waals surface area (Å²) in [5, 5.41) is 0. The van der Waals surface area contributed by atoms with Crippen molar-refractivity contribution in [1.82, 2.24) is 4.72 Å². The zero-order chi connectivity index (χ0) is 18.7. The van der Waals surface area contributed by atoms with Crippen LogP contribution in [0.2, 0.25) is 0 Å². The quantitative estimate of drug-likeness (QED) is 0.611. The van der Waals surface area contributed by atoms with Gasteiger partial charge in [0, 0.05) is 12.2 Å². The number of hydrogen-bond donors (Lipinski definition) is 2. The summed E-state index contributed by atoms with van der Waals surface area (Å²) in [6, 6.07) is 12.2. The van der Waals surface area contributed by atoms with Crippen molar-refractivity contribution in [3.63, 3.8) is 0 Å². The molecule has 0 aromatic heterocycles. The lowest BCUT2D eigenvalue weighted by Gasteiger charge is -2.23. The summed E-state index contributed by atoms with van der Waals surface area (Å²) in [6.45, 7) is 8.80. The number of rotatable bonds is 6. The first-order valence-corrected chi connectivity index (χ1v) is 9.67. The maximum atomic E-state index is 12.2. The summed E-state index contributed by atoms with van der Waals surface area (Å²) in [5.74, 6) is 0.791. The van der Waals surface area contributed by atoms with Crippen LogP contribution in [0.5, 0.6) is 5.75 Å². The normalized spacial score (nSPS) is 12.2. The van der Waals surface area contributed by atoms with E-state index in [0.29, 0.717) is 5.69 Å². The minimum absolute atomic E-state index is 0.0491. The molecule has 0 amide bonds. The summed E-state index contributed by atoms with van der Waals surface area (Å²) in [7, 11) is -3.56. The SMILES string of the molecule is Cc1ccc(C(C)(C)C)c(OCCNS(=O)(=O)c2ccc(N)cc2)c1. The Balaban J connectivity index is 2.00. The number of ether oxygens (including phenoxy) is 1. The lowest BCUT2D eigenvalue weighted by Crippen LogP contribution is -2.28. The molecule has 6 heteroatoms. The highest BCUT2D eigenvalue weighted by Gasteiger charge is 2.19. The molecule has 0 saturated carbocycles. The second-order valence-corrected chi connectivity index (χ2v) is 8.83. The standard InChI is InChI=1S/C19H26N2O3S/c1-14-5-10-17(19(2,3)4)18(13-14)24-12-11-21-25(22,23)16-8-6-15(20)7-9-16/h5-10,13,21H,11-12,20H2,1-4H3. The molecule has 2 rings (SSSR count). The number of nitrogens with two attached hydrogens (primary N) is 1. The minimum atomic E-state index is -3.56. The number of anilines is 1. The summed E-state index contributed by atoms with van der Waals surface area (Å²) < 4.78 is 32.8. The molecule has 0 heterocycles. The van der Waals surface area contributed by atoms with Gasteiger partial charge in [-0.2, -0.15) is 0 Å². The molecular formula is C19H26N2O3S. The predicted octanol–water partition coefficient (Wildman–Crippen LogP) is 3.23. The summed E-state index contributed by atoms with van der Waals surface area (Å²) >= 11 is 0. The van der Waals surface area contributed by atoms with Crippen LogP contribution in [0.25, 0.3) is 0 Å². The van der Waals surface area contributed by atoms with E-state index in [1.807, 2.05) is 13.0 Å². The Kier molecular flexibility index (Phi) is 5.75. The van der Waals surface area contributed by atoms with Gasteiger partial charge in [-0.3, -0.25) is 0 Å². The average molecular weight is 362 g/mol. The molecule has 0 atom stereocenters. The van der Waals surface area contributed by atoms with Crippen molar-refractivity contribution in [2.24, 2.45) is 0 Å². The van der Waals surface area contributed by atoms with Crippen LogP contribution in [0.15, 0.2) is 47.4 Å². The molecule has 0 radical (unpaired) electrons. The molecule has 2 aromatic carbocycles. The van der Waals surface area contributed by atoms with Gasteiger partial charge in [0.25, 0.3) is 0 Å². The third-order valence-electron chi connectivity index (χ3n) is 3.79. The van der Waals surface area contributed by atoms with Crippen molar-refractivity contribution >= 4 is 15.7 Å². The van der Waals surface area contributed by atoms with E-state index < -0.39 is 10.0 Å². The van der Waals surface area contributed by atoms with Crippen molar-refractivity contribution < 1.29 is 13.2 Å². The fourth-order valence-corrected chi connectivity index (χ4v) is 3.45.